The van der Waals surface area contributed by atoms with E-state index >= 15 is 0 Å². The van der Waals surface area contributed by atoms with Crippen LogP contribution in [0.15, 0.2) is 0 Å². The molecule has 314 valence electrons. The summed E-state index contributed by atoms with van der Waals surface area (Å²) in [5.74, 6) is -2.16. The number of carbonyl (C=O) groups is 1. The first kappa shape index (κ1) is 44.7. The molecule has 0 radical (unpaired) electrons. The van der Waals surface area contributed by atoms with Gasteiger partial charge in [-0.1, -0.05) is 13.8 Å². The third-order valence-electron chi connectivity index (χ3n) is 9.48. The number of hydrogen-bond donors (Lipinski definition) is 15. The van der Waals surface area contributed by atoms with Crippen LogP contribution in [0, 0.1) is 11.3 Å². The summed E-state index contributed by atoms with van der Waals surface area (Å²) in [4.78, 5) is 11.6. The first-order chi connectivity index (χ1) is 25.4. The van der Waals surface area contributed by atoms with Crippen LogP contribution in [-0.4, -0.2) is 234 Å². The van der Waals surface area contributed by atoms with Gasteiger partial charge in [0.1, 0.15) is 98.2 Å². The van der Waals surface area contributed by atoms with E-state index in [4.69, 9.17) is 48.4 Å². The fraction of sp³-hybridized carbons (Fsp3) is 0.933. The Bertz CT molecular complexity index is 1210. The van der Waals surface area contributed by atoms with Gasteiger partial charge in [-0.25, -0.2) is 4.79 Å². The predicted octanol–water partition coefficient (Wildman–Crippen LogP) is -8.41. The zero-order valence-electron chi connectivity index (χ0n) is 29.1. The summed E-state index contributed by atoms with van der Waals surface area (Å²) in [6.07, 6.45) is -35.4. The summed E-state index contributed by atoms with van der Waals surface area (Å²) in [7, 11) is 0. The minimum absolute atomic E-state index is 0.0272. The van der Waals surface area contributed by atoms with Crippen LogP contribution in [0.1, 0.15) is 13.8 Å². The second-order valence-electron chi connectivity index (χ2n) is 13.6. The minimum Gasteiger partial charge on any atom is -0.479 e. The standard InChI is InChI=1S/C30H52N2O22/c1-8(2)22-20(43)23(52-29-19(42)16(39)17(40)25(54-29)26(45)46)14(37)11(49-22)6-47-27-21(44)24(13(36)9(5-34)50-27)53-28-18(41)15(38)12(35)10(51-28)7-48-30(31)32-3-4-33/h8-25,27-29,33-44H,3-7H2,1-2H3,(H2,31,32)(H,45,46). The largest absolute Gasteiger partial charge is 0.479 e. The van der Waals surface area contributed by atoms with Crippen molar-refractivity contribution in [3.05, 3.63) is 0 Å². The van der Waals surface area contributed by atoms with E-state index in [0.29, 0.717) is 0 Å². The van der Waals surface area contributed by atoms with Crippen LogP contribution in [0.25, 0.3) is 0 Å². The third-order valence-corrected chi connectivity index (χ3v) is 9.48. The van der Waals surface area contributed by atoms with Crippen LogP contribution in [0.5, 0.6) is 0 Å². The maximum atomic E-state index is 11.6. The smallest absolute Gasteiger partial charge is 0.335 e. The molecular formula is C30H52N2O22. The van der Waals surface area contributed by atoms with Gasteiger partial charge in [0.15, 0.2) is 25.0 Å². The topological polar surface area (TPSA) is 390 Å². The van der Waals surface area contributed by atoms with Crippen LogP contribution in [-0.2, 0) is 42.7 Å². The van der Waals surface area contributed by atoms with Gasteiger partial charge in [-0.05, 0) is 5.92 Å². The molecule has 24 nitrogen and oxygen atoms in total. The number of amidine groups is 1. The average Bonchev–Trinajstić information content (AvgIpc) is 3.13. The van der Waals surface area contributed by atoms with Gasteiger partial charge in [0.2, 0.25) is 0 Å². The van der Waals surface area contributed by atoms with Gasteiger partial charge in [0.25, 0.3) is 6.02 Å². The Kier molecular flexibility index (Phi) is 16.1. The third kappa shape index (κ3) is 9.91. The molecule has 4 fully saturated rings. The maximum absolute atomic E-state index is 11.6. The van der Waals surface area contributed by atoms with E-state index in [2.05, 4.69) is 5.32 Å². The summed E-state index contributed by atoms with van der Waals surface area (Å²) in [5, 5.41) is 145. The van der Waals surface area contributed by atoms with Crippen molar-refractivity contribution < 1.29 is 109 Å². The monoisotopic (exact) mass is 792 g/mol. The van der Waals surface area contributed by atoms with E-state index in [-0.39, 0.29) is 13.2 Å². The molecule has 0 aliphatic carbocycles. The number of ether oxygens (including phenoxy) is 8. The zero-order chi connectivity index (χ0) is 40.2. The predicted molar refractivity (Wildman–Crippen MR) is 169 cm³/mol. The molecule has 0 bridgehead atoms. The van der Waals surface area contributed by atoms with Crippen LogP contribution in [0.4, 0.5) is 0 Å². The highest BCUT2D eigenvalue weighted by molar-refractivity contribution is 5.73. The van der Waals surface area contributed by atoms with E-state index in [1.165, 1.54) is 0 Å². The normalized spacial score (nSPS) is 45.9. The minimum atomic E-state index is -2.05. The molecule has 20 atom stereocenters. The van der Waals surface area contributed by atoms with Gasteiger partial charge in [0, 0.05) is 6.54 Å². The number of aliphatic hydroxyl groups is 12. The fourth-order valence-corrected chi connectivity index (χ4v) is 6.38. The maximum Gasteiger partial charge on any atom is 0.335 e. The number of aliphatic hydroxyl groups excluding tert-OH is 12. The summed E-state index contributed by atoms with van der Waals surface area (Å²) < 4.78 is 44.1. The van der Waals surface area contributed by atoms with Gasteiger partial charge in [-0.3, -0.25) is 5.41 Å². The molecule has 4 aliphatic heterocycles. The molecule has 4 rings (SSSR count). The molecule has 54 heavy (non-hydrogen) atoms. The molecule has 20 unspecified atom stereocenters. The van der Waals surface area contributed by atoms with Crippen LogP contribution in [0.3, 0.4) is 0 Å². The molecule has 0 saturated carbocycles. The fourth-order valence-electron chi connectivity index (χ4n) is 6.38. The van der Waals surface area contributed by atoms with E-state index in [1.807, 2.05) is 0 Å². The van der Waals surface area contributed by atoms with Crippen molar-refractivity contribution in [3.8, 4) is 0 Å². The van der Waals surface area contributed by atoms with Crippen molar-refractivity contribution in [3.63, 3.8) is 0 Å². The molecule has 0 spiro atoms. The Morgan fingerprint density at radius 3 is 1.76 bits per heavy atom. The van der Waals surface area contributed by atoms with E-state index in [9.17, 15) is 66.1 Å². The van der Waals surface area contributed by atoms with Gasteiger partial charge in [-0.2, -0.15) is 0 Å². The van der Waals surface area contributed by atoms with E-state index in [0.717, 1.165) is 0 Å². The lowest BCUT2D eigenvalue weighted by molar-refractivity contribution is -0.365. The van der Waals surface area contributed by atoms with Crippen molar-refractivity contribution in [2.75, 3.05) is 33.0 Å². The second-order valence-corrected chi connectivity index (χ2v) is 13.6. The summed E-state index contributed by atoms with van der Waals surface area (Å²) >= 11 is 0. The highest BCUT2D eigenvalue weighted by atomic mass is 16.7. The Morgan fingerprint density at radius 1 is 0.648 bits per heavy atom. The highest BCUT2D eigenvalue weighted by Crippen LogP contribution is 2.34. The SMILES string of the molecule is CC(C)C1OC(COC2OC(CO)C(O)C(OC3OC(COC(=N)NCCO)C(O)C(O)C3O)C2O)C(O)C(OC2OC(C(=O)O)C(O)C(O)C2O)C1O. The van der Waals surface area contributed by atoms with Gasteiger partial charge >= 0.3 is 5.97 Å². The molecule has 24 heteroatoms. The summed E-state index contributed by atoms with van der Waals surface area (Å²) in [6.45, 7) is 0.873. The first-order valence-electron chi connectivity index (χ1n) is 17.2. The quantitative estimate of drug-likeness (QED) is 0.0573. The van der Waals surface area contributed by atoms with Crippen molar-refractivity contribution in [2.24, 2.45) is 5.92 Å². The van der Waals surface area contributed by atoms with Gasteiger partial charge in [0.05, 0.1) is 25.9 Å². The first-order valence-corrected chi connectivity index (χ1v) is 17.2. The highest BCUT2D eigenvalue weighted by Gasteiger charge is 2.54. The Labute approximate surface area is 307 Å². The molecule has 0 aromatic rings. The number of hydrogen-bond acceptors (Lipinski definition) is 22. The lowest BCUT2D eigenvalue weighted by Gasteiger charge is -2.48. The molecule has 4 aliphatic rings. The average molecular weight is 793 g/mol. The number of rotatable bonds is 14. The van der Waals surface area contributed by atoms with Crippen molar-refractivity contribution in [2.45, 2.75) is 136 Å². The van der Waals surface area contributed by atoms with Gasteiger partial charge < -0.3 is 110 Å². The van der Waals surface area contributed by atoms with Gasteiger partial charge in [-0.15, -0.1) is 0 Å². The Hall–Kier alpha value is -2.02. The lowest BCUT2D eigenvalue weighted by Crippen LogP contribution is -2.66. The van der Waals surface area contributed by atoms with Crippen LogP contribution in [0.2, 0.25) is 0 Å². The molecule has 0 aromatic heterocycles. The molecule has 0 amide bonds. The number of aliphatic carboxylic acids is 1. The molecule has 4 saturated heterocycles. The summed E-state index contributed by atoms with van der Waals surface area (Å²) in [5.41, 5.74) is 0. The molecule has 0 aromatic carbocycles. The molecule has 15 N–H and O–H groups in total. The van der Waals surface area contributed by atoms with Crippen molar-refractivity contribution in [1.29, 1.82) is 5.41 Å². The van der Waals surface area contributed by atoms with E-state index in [1.54, 1.807) is 13.8 Å². The summed E-state index contributed by atoms with van der Waals surface area (Å²) in [6, 6.07) is -0.511. The number of carboxylic acids is 1. The van der Waals surface area contributed by atoms with E-state index < -0.39 is 160 Å². The Morgan fingerprint density at radius 2 is 1.19 bits per heavy atom. The Balaban J connectivity index is 1.46. The van der Waals surface area contributed by atoms with Crippen LogP contribution >= 0.6 is 0 Å². The van der Waals surface area contributed by atoms with Crippen molar-refractivity contribution >= 4 is 12.0 Å². The van der Waals surface area contributed by atoms with Crippen LogP contribution < -0.4 is 5.32 Å². The second kappa shape index (κ2) is 19.4. The number of carboxylic acid groups (broad SMARTS) is 1. The number of nitrogens with one attached hydrogen (secondary N) is 2. The van der Waals surface area contributed by atoms with Crippen molar-refractivity contribution in [1.82, 2.24) is 5.32 Å². The zero-order valence-corrected chi connectivity index (χ0v) is 29.1. The molecular weight excluding hydrogens is 740 g/mol. The molecule has 4 heterocycles. The lowest BCUT2D eigenvalue weighted by atomic mass is 9.89.